The van der Waals surface area contributed by atoms with Crippen LogP contribution in [0.3, 0.4) is 0 Å². The Hall–Kier alpha value is -1.13. The van der Waals surface area contributed by atoms with E-state index in [1.807, 2.05) is 0 Å². The Bertz CT molecular complexity index is 461. The first-order valence-electron chi connectivity index (χ1n) is 6.52. The Labute approximate surface area is 117 Å². The van der Waals surface area contributed by atoms with E-state index in [-0.39, 0.29) is 11.5 Å². The normalized spacial score (nSPS) is 19.2. The number of hydrogen-bond acceptors (Lipinski definition) is 2. The van der Waals surface area contributed by atoms with Crippen LogP contribution in [0.15, 0.2) is 18.2 Å². The number of nitrogens with zero attached hydrogens (tertiary/aromatic N) is 1. The van der Waals surface area contributed by atoms with E-state index in [4.69, 9.17) is 11.6 Å². The summed E-state index contributed by atoms with van der Waals surface area (Å²) in [6.07, 6.45) is 3.40. The lowest BCUT2D eigenvalue weighted by Crippen LogP contribution is -2.44. The van der Waals surface area contributed by atoms with Crippen LogP contribution < -0.4 is 5.32 Å². The maximum Gasteiger partial charge on any atom is 0.256 e. The van der Waals surface area contributed by atoms with Gasteiger partial charge in [-0.15, -0.1) is 0 Å². The van der Waals surface area contributed by atoms with Crippen LogP contribution in [-0.2, 0) is 0 Å². The summed E-state index contributed by atoms with van der Waals surface area (Å²) in [5.41, 5.74) is 0.0332. The zero-order valence-corrected chi connectivity index (χ0v) is 11.7. The second-order valence-electron chi connectivity index (χ2n) is 4.96. The molecule has 1 aromatic carbocycles. The number of hydrogen-bond donors (Lipinski definition) is 1. The highest BCUT2D eigenvalue weighted by molar-refractivity contribution is 6.30. The summed E-state index contributed by atoms with van der Waals surface area (Å²) in [6.45, 7) is 1.57. The Morgan fingerprint density at radius 1 is 1.53 bits per heavy atom. The molecule has 2 rings (SSSR count). The lowest BCUT2D eigenvalue weighted by atomic mass is 10.0. The van der Waals surface area contributed by atoms with Gasteiger partial charge in [0.1, 0.15) is 5.82 Å². The molecule has 1 N–H and O–H groups in total. The number of carbonyl (C=O) groups is 1. The van der Waals surface area contributed by atoms with Crippen molar-refractivity contribution in [2.24, 2.45) is 0 Å². The van der Waals surface area contributed by atoms with Crippen LogP contribution in [-0.4, -0.2) is 37.0 Å². The predicted octanol–water partition coefficient (Wildman–Crippen LogP) is 2.69. The topological polar surface area (TPSA) is 32.3 Å². The van der Waals surface area contributed by atoms with Crippen LogP contribution in [0.4, 0.5) is 4.39 Å². The van der Waals surface area contributed by atoms with E-state index in [1.54, 1.807) is 11.9 Å². The van der Waals surface area contributed by atoms with Gasteiger partial charge in [-0.3, -0.25) is 4.79 Å². The van der Waals surface area contributed by atoms with E-state index < -0.39 is 5.82 Å². The molecule has 19 heavy (non-hydrogen) atoms. The van der Waals surface area contributed by atoms with Crippen molar-refractivity contribution in [3.8, 4) is 0 Å². The van der Waals surface area contributed by atoms with Gasteiger partial charge in [-0.2, -0.15) is 0 Å². The molecule has 1 amide bonds. The second kappa shape index (κ2) is 6.35. The minimum atomic E-state index is -0.530. The van der Waals surface area contributed by atoms with E-state index in [1.165, 1.54) is 31.0 Å². The molecule has 1 aromatic rings. The van der Waals surface area contributed by atoms with Gasteiger partial charge in [0.2, 0.25) is 0 Å². The number of likely N-dealkylation sites (N-methyl/N-ethyl adjacent to an activating group) is 1. The van der Waals surface area contributed by atoms with Gasteiger partial charge in [-0.25, -0.2) is 4.39 Å². The molecule has 0 spiro atoms. The average Bonchev–Trinajstić information content (AvgIpc) is 2.42. The number of halogens is 2. The van der Waals surface area contributed by atoms with Gasteiger partial charge < -0.3 is 10.2 Å². The highest BCUT2D eigenvalue weighted by atomic mass is 35.5. The zero-order chi connectivity index (χ0) is 13.8. The smallest absolute Gasteiger partial charge is 0.256 e. The van der Waals surface area contributed by atoms with E-state index in [9.17, 15) is 9.18 Å². The van der Waals surface area contributed by atoms with Gasteiger partial charge in [0.15, 0.2) is 0 Å². The van der Waals surface area contributed by atoms with Gasteiger partial charge in [0.25, 0.3) is 5.91 Å². The second-order valence-corrected chi connectivity index (χ2v) is 5.39. The minimum absolute atomic E-state index is 0.0332. The van der Waals surface area contributed by atoms with Crippen molar-refractivity contribution < 1.29 is 9.18 Å². The van der Waals surface area contributed by atoms with Crippen LogP contribution in [0, 0.1) is 5.82 Å². The molecule has 1 saturated heterocycles. The zero-order valence-electron chi connectivity index (χ0n) is 11.0. The first-order valence-corrected chi connectivity index (χ1v) is 6.89. The Kier molecular flexibility index (Phi) is 4.77. The number of benzene rings is 1. The number of amides is 1. The monoisotopic (exact) mass is 284 g/mol. The van der Waals surface area contributed by atoms with Crippen molar-refractivity contribution in [3.05, 3.63) is 34.6 Å². The first kappa shape index (κ1) is 14.3. The maximum atomic E-state index is 13.6. The molecule has 1 unspecified atom stereocenters. The van der Waals surface area contributed by atoms with Crippen LogP contribution in [0.1, 0.15) is 29.6 Å². The summed E-state index contributed by atoms with van der Waals surface area (Å²) in [6, 6.07) is 4.34. The minimum Gasteiger partial charge on any atom is -0.340 e. The quantitative estimate of drug-likeness (QED) is 0.926. The highest BCUT2D eigenvalue weighted by Gasteiger charge is 2.21. The Morgan fingerprint density at radius 3 is 3.00 bits per heavy atom. The Morgan fingerprint density at radius 2 is 2.32 bits per heavy atom. The van der Waals surface area contributed by atoms with Gasteiger partial charge in [-0.1, -0.05) is 18.0 Å². The van der Waals surface area contributed by atoms with E-state index in [0.29, 0.717) is 17.6 Å². The number of piperidine rings is 1. The third-order valence-corrected chi connectivity index (χ3v) is 3.65. The van der Waals surface area contributed by atoms with Crippen molar-refractivity contribution in [2.45, 2.75) is 25.3 Å². The molecule has 0 aromatic heterocycles. The molecule has 1 heterocycles. The molecule has 0 bridgehead atoms. The molecule has 104 valence electrons. The van der Waals surface area contributed by atoms with Crippen LogP contribution in [0.5, 0.6) is 0 Å². The van der Waals surface area contributed by atoms with Crippen LogP contribution >= 0.6 is 11.6 Å². The largest absolute Gasteiger partial charge is 0.340 e. The predicted molar refractivity (Wildman–Crippen MR) is 74.0 cm³/mol. The van der Waals surface area contributed by atoms with Gasteiger partial charge in [-0.05, 0) is 37.6 Å². The third-order valence-electron chi connectivity index (χ3n) is 3.41. The summed E-state index contributed by atoms with van der Waals surface area (Å²) < 4.78 is 13.6. The van der Waals surface area contributed by atoms with E-state index >= 15 is 0 Å². The average molecular weight is 285 g/mol. The van der Waals surface area contributed by atoms with Gasteiger partial charge >= 0.3 is 0 Å². The molecule has 0 saturated carbocycles. The van der Waals surface area contributed by atoms with Crippen LogP contribution in [0.2, 0.25) is 5.02 Å². The lowest BCUT2D eigenvalue weighted by Gasteiger charge is -2.28. The molecule has 0 aliphatic carbocycles. The van der Waals surface area contributed by atoms with Crippen molar-refractivity contribution >= 4 is 17.5 Å². The summed E-state index contributed by atoms with van der Waals surface area (Å²) in [5.74, 6) is -0.856. The molecular weight excluding hydrogens is 267 g/mol. The fourth-order valence-electron chi connectivity index (χ4n) is 2.36. The standard InChI is InChI=1S/C14H18ClFN2O/c1-18(9-11-4-2-3-7-17-11)14(19)12-8-10(15)5-6-13(12)16/h5-6,8,11,17H,2-4,7,9H2,1H3. The third kappa shape index (κ3) is 3.67. The first-order chi connectivity index (χ1) is 9.08. The number of rotatable bonds is 3. The molecule has 1 fully saturated rings. The molecule has 1 atom stereocenters. The molecule has 1 aliphatic heterocycles. The molecule has 3 nitrogen and oxygen atoms in total. The van der Waals surface area contributed by atoms with Crippen LogP contribution in [0.25, 0.3) is 0 Å². The van der Waals surface area contributed by atoms with Crippen molar-refractivity contribution in [1.29, 1.82) is 0 Å². The molecular formula is C14H18ClFN2O. The van der Waals surface area contributed by atoms with Crippen molar-refractivity contribution in [2.75, 3.05) is 20.1 Å². The summed E-state index contributed by atoms with van der Waals surface area (Å²) >= 11 is 5.81. The summed E-state index contributed by atoms with van der Waals surface area (Å²) in [4.78, 5) is 13.7. The Balaban J connectivity index is 2.03. The van der Waals surface area contributed by atoms with E-state index in [2.05, 4.69) is 5.32 Å². The fourth-order valence-corrected chi connectivity index (χ4v) is 2.53. The molecule has 1 aliphatic rings. The number of carbonyl (C=O) groups excluding carboxylic acids is 1. The molecule has 0 radical (unpaired) electrons. The van der Waals surface area contributed by atoms with E-state index in [0.717, 1.165) is 13.0 Å². The lowest BCUT2D eigenvalue weighted by molar-refractivity contribution is 0.0770. The van der Waals surface area contributed by atoms with Gasteiger partial charge in [0, 0.05) is 24.7 Å². The van der Waals surface area contributed by atoms with Crippen molar-refractivity contribution in [3.63, 3.8) is 0 Å². The van der Waals surface area contributed by atoms with Gasteiger partial charge in [0.05, 0.1) is 5.56 Å². The fraction of sp³-hybridized carbons (Fsp3) is 0.500. The molecule has 5 heteroatoms. The maximum absolute atomic E-state index is 13.6. The summed E-state index contributed by atoms with van der Waals surface area (Å²) in [5, 5.41) is 3.74. The van der Waals surface area contributed by atoms with Crippen molar-refractivity contribution in [1.82, 2.24) is 10.2 Å². The number of nitrogens with one attached hydrogen (secondary N) is 1. The SMILES string of the molecule is CN(CC1CCCCN1)C(=O)c1cc(Cl)ccc1F. The summed E-state index contributed by atoms with van der Waals surface area (Å²) in [7, 11) is 1.69. The highest BCUT2D eigenvalue weighted by Crippen LogP contribution is 2.17.